The van der Waals surface area contributed by atoms with Crippen LogP contribution in [0.2, 0.25) is 0 Å². The van der Waals surface area contributed by atoms with Crippen molar-refractivity contribution in [2.24, 2.45) is 0 Å². The molecule has 3 aromatic rings. The summed E-state index contributed by atoms with van der Waals surface area (Å²) in [5.41, 5.74) is 2.24. The number of fused-ring (bicyclic) bond motifs is 1. The number of halogens is 1. The summed E-state index contributed by atoms with van der Waals surface area (Å²) in [6.45, 7) is 1.84. The van der Waals surface area contributed by atoms with Crippen molar-refractivity contribution in [3.8, 4) is 0 Å². The second kappa shape index (κ2) is 6.62. The highest BCUT2D eigenvalue weighted by molar-refractivity contribution is 5.90. The van der Waals surface area contributed by atoms with E-state index >= 15 is 0 Å². The van der Waals surface area contributed by atoms with Gasteiger partial charge in [0.15, 0.2) is 0 Å². The number of aryl methyl sites for hydroxylation is 2. The van der Waals surface area contributed by atoms with Gasteiger partial charge in [0.2, 0.25) is 5.91 Å². The summed E-state index contributed by atoms with van der Waals surface area (Å²) < 4.78 is 13.3. The van der Waals surface area contributed by atoms with E-state index in [0.717, 1.165) is 5.69 Å². The van der Waals surface area contributed by atoms with E-state index < -0.39 is 0 Å². The van der Waals surface area contributed by atoms with E-state index in [1.165, 1.54) is 18.2 Å². The summed E-state index contributed by atoms with van der Waals surface area (Å²) in [7, 11) is 0. The van der Waals surface area contributed by atoms with Crippen molar-refractivity contribution in [1.82, 2.24) is 9.97 Å². The van der Waals surface area contributed by atoms with Crippen molar-refractivity contribution in [2.45, 2.75) is 19.8 Å². The zero-order valence-electron chi connectivity index (χ0n) is 13.1. The highest BCUT2D eigenvalue weighted by Gasteiger charge is 2.08. The Bertz CT molecular complexity index is 966. The van der Waals surface area contributed by atoms with E-state index in [-0.39, 0.29) is 30.1 Å². The van der Waals surface area contributed by atoms with Crippen LogP contribution < -0.4 is 10.9 Å². The maximum absolute atomic E-state index is 13.3. The Morgan fingerprint density at radius 3 is 2.88 bits per heavy atom. The van der Waals surface area contributed by atoms with Gasteiger partial charge < -0.3 is 10.3 Å². The van der Waals surface area contributed by atoms with Crippen LogP contribution >= 0.6 is 0 Å². The van der Waals surface area contributed by atoms with E-state index in [4.69, 9.17) is 0 Å². The summed E-state index contributed by atoms with van der Waals surface area (Å²) in [6.07, 6.45) is 2.05. The number of nitrogens with one attached hydrogen (secondary N) is 2. The van der Waals surface area contributed by atoms with Crippen LogP contribution in [-0.4, -0.2) is 15.9 Å². The van der Waals surface area contributed by atoms with Crippen LogP contribution in [0.5, 0.6) is 0 Å². The largest absolute Gasteiger partial charge is 0.326 e. The number of benzene rings is 1. The molecule has 0 aliphatic rings. The van der Waals surface area contributed by atoms with Gasteiger partial charge in [-0.05, 0) is 49.7 Å². The Hall–Kier alpha value is -3.02. The Morgan fingerprint density at radius 1 is 1.25 bits per heavy atom. The average Bonchev–Trinajstić information content (AvgIpc) is 2.53. The lowest BCUT2D eigenvalue weighted by atomic mass is 10.1. The first-order chi connectivity index (χ1) is 11.5. The standard InChI is InChI=1S/C18H16FN3O2/c1-11-8-15(6-7-20-11)21-17(23)5-2-12-9-13-10-14(19)3-4-16(13)22-18(12)24/h3-4,6-10H,2,5H2,1H3,(H,22,24)(H,20,21,23). The molecule has 0 spiro atoms. The van der Waals surface area contributed by atoms with Gasteiger partial charge in [0.1, 0.15) is 5.82 Å². The van der Waals surface area contributed by atoms with Crippen molar-refractivity contribution >= 4 is 22.5 Å². The van der Waals surface area contributed by atoms with Gasteiger partial charge in [-0.2, -0.15) is 0 Å². The average molecular weight is 325 g/mol. The summed E-state index contributed by atoms with van der Waals surface area (Å²) in [5, 5.41) is 3.37. The predicted octanol–water partition coefficient (Wildman–Crippen LogP) is 2.94. The highest BCUT2D eigenvalue weighted by Crippen LogP contribution is 2.14. The molecule has 0 fully saturated rings. The molecule has 3 rings (SSSR count). The zero-order chi connectivity index (χ0) is 17.1. The van der Waals surface area contributed by atoms with Crippen LogP contribution in [0.25, 0.3) is 10.9 Å². The maximum Gasteiger partial charge on any atom is 0.251 e. The lowest BCUT2D eigenvalue weighted by molar-refractivity contribution is -0.116. The third kappa shape index (κ3) is 3.65. The Kier molecular flexibility index (Phi) is 4.37. The summed E-state index contributed by atoms with van der Waals surface area (Å²) in [4.78, 5) is 30.8. The molecule has 0 saturated carbocycles. The van der Waals surface area contributed by atoms with Gasteiger partial charge in [-0.25, -0.2) is 4.39 Å². The first-order valence-corrected chi connectivity index (χ1v) is 7.55. The van der Waals surface area contributed by atoms with E-state index in [9.17, 15) is 14.0 Å². The number of pyridine rings is 2. The van der Waals surface area contributed by atoms with Crippen molar-refractivity contribution in [2.75, 3.05) is 5.32 Å². The van der Waals surface area contributed by atoms with Crippen LogP contribution in [0.3, 0.4) is 0 Å². The predicted molar refractivity (Wildman–Crippen MR) is 90.5 cm³/mol. The molecule has 0 bridgehead atoms. The summed E-state index contributed by atoms with van der Waals surface area (Å²) in [5.74, 6) is -0.564. The molecular formula is C18H16FN3O2. The first-order valence-electron chi connectivity index (χ1n) is 7.55. The minimum Gasteiger partial charge on any atom is -0.326 e. The quantitative estimate of drug-likeness (QED) is 0.774. The summed E-state index contributed by atoms with van der Waals surface area (Å²) in [6, 6.07) is 9.27. The van der Waals surface area contributed by atoms with Crippen molar-refractivity contribution in [3.63, 3.8) is 0 Å². The van der Waals surface area contributed by atoms with Gasteiger partial charge in [-0.3, -0.25) is 14.6 Å². The lowest BCUT2D eigenvalue weighted by Crippen LogP contribution is -2.17. The molecule has 0 unspecified atom stereocenters. The Balaban J connectivity index is 1.72. The minimum absolute atomic E-state index is 0.158. The summed E-state index contributed by atoms with van der Waals surface area (Å²) >= 11 is 0. The molecule has 1 amide bonds. The number of H-pyrrole nitrogens is 1. The van der Waals surface area contributed by atoms with E-state index in [0.29, 0.717) is 22.2 Å². The Labute approximate surface area is 137 Å². The molecule has 2 heterocycles. The van der Waals surface area contributed by atoms with Gasteiger partial charge in [-0.1, -0.05) is 0 Å². The van der Waals surface area contributed by atoms with Gasteiger partial charge in [-0.15, -0.1) is 0 Å². The van der Waals surface area contributed by atoms with E-state index in [2.05, 4.69) is 15.3 Å². The minimum atomic E-state index is -0.369. The molecule has 0 aliphatic heterocycles. The van der Waals surface area contributed by atoms with Gasteiger partial charge >= 0.3 is 0 Å². The number of anilines is 1. The third-order valence-electron chi connectivity index (χ3n) is 3.69. The van der Waals surface area contributed by atoms with Crippen molar-refractivity contribution in [3.05, 3.63) is 70.0 Å². The maximum atomic E-state index is 13.3. The topological polar surface area (TPSA) is 74.8 Å². The molecule has 1 aromatic carbocycles. The van der Waals surface area contributed by atoms with Crippen LogP contribution in [0.1, 0.15) is 17.7 Å². The van der Waals surface area contributed by atoms with Crippen molar-refractivity contribution in [1.29, 1.82) is 0 Å². The first kappa shape index (κ1) is 15.9. The van der Waals surface area contributed by atoms with Gasteiger partial charge in [0.05, 0.1) is 0 Å². The third-order valence-corrected chi connectivity index (χ3v) is 3.69. The Morgan fingerprint density at radius 2 is 2.08 bits per heavy atom. The molecule has 122 valence electrons. The van der Waals surface area contributed by atoms with E-state index in [1.807, 2.05) is 6.92 Å². The molecule has 0 radical (unpaired) electrons. The lowest BCUT2D eigenvalue weighted by Gasteiger charge is -2.06. The molecule has 24 heavy (non-hydrogen) atoms. The number of rotatable bonds is 4. The molecule has 0 atom stereocenters. The zero-order valence-corrected chi connectivity index (χ0v) is 13.1. The smallest absolute Gasteiger partial charge is 0.251 e. The molecule has 0 aliphatic carbocycles. The number of hydrogen-bond acceptors (Lipinski definition) is 3. The molecule has 2 N–H and O–H groups in total. The number of aromatic amines is 1. The molecule has 5 nitrogen and oxygen atoms in total. The number of amides is 1. The number of aromatic nitrogens is 2. The number of hydrogen-bond donors (Lipinski definition) is 2. The fraction of sp³-hybridized carbons (Fsp3) is 0.167. The monoisotopic (exact) mass is 325 g/mol. The fourth-order valence-corrected chi connectivity index (χ4v) is 2.50. The van der Waals surface area contributed by atoms with E-state index in [1.54, 1.807) is 24.4 Å². The molecule has 2 aromatic heterocycles. The van der Waals surface area contributed by atoms with Crippen LogP contribution in [0.4, 0.5) is 10.1 Å². The highest BCUT2D eigenvalue weighted by atomic mass is 19.1. The van der Waals surface area contributed by atoms with Crippen LogP contribution in [0.15, 0.2) is 47.4 Å². The second-order valence-electron chi connectivity index (χ2n) is 5.59. The van der Waals surface area contributed by atoms with Crippen LogP contribution in [0, 0.1) is 12.7 Å². The molecular weight excluding hydrogens is 309 g/mol. The molecule has 0 saturated heterocycles. The second-order valence-corrected chi connectivity index (χ2v) is 5.59. The fourth-order valence-electron chi connectivity index (χ4n) is 2.50. The number of carbonyl (C=O) groups is 1. The number of nitrogens with zero attached hydrogens (tertiary/aromatic N) is 1. The van der Waals surface area contributed by atoms with Gasteiger partial charge in [0.25, 0.3) is 5.56 Å². The van der Waals surface area contributed by atoms with Crippen LogP contribution in [-0.2, 0) is 11.2 Å². The number of carbonyl (C=O) groups excluding carboxylic acids is 1. The normalized spacial score (nSPS) is 10.8. The molecule has 6 heteroatoms. The SMILES string of the molecule is Cc1cc(NC(=O)CCc2cc3cc(F)ccc3[nH]c2=O)ccn1. The van der Waals surface area contributed by atoms with Gasteiger partial charge in [0, 0.05) is 40.5 Å². The van der Waals surface area contributed by atoms with Crippen molar-refractivity contribution < 1.29 is 9.18 Å².